The Bertz CT molecular complexity index is 1060. The first-order chi connectivity index (χ1) is 13.1. The molecule has 7 heteroatoms. The van der Waals surface area contributed by atoms with Crippen LogP contribution in [-0.4, -0.2) is 29.0 Å². The number of carbonyl (C=O) groups excluding carboxylic acids is 1. The van der Waals surface area contributed by atoms with Gasteiger partial charge in [-0.2, -0.15) is 0 Å². The number of nitrogens with one attached hydrogen (secondary N) is 2. The van der Waals surface area contributed by atoms with E-state index >= 15 is 0 Å². The van der Waals surface area contributed by atoms with Crippen molar-refractivity contribution in [1.29, 1.82) is 0 Å². The fourth-order valence-corrected chi connectivity index (χ4v) is 3.78. The van der Waals surface area contributed by atoms with Gasteiger partial charge in [-0.05, 0) is 25.1 Å². The van der Waals surface area contributed by atoms with Gasteiger partial charge in [0.15, 0.2) is 0 Å². The van der Waals surface area contributed by atoms with Crippen LogP contribution in [0, 0.1) is 12.7 Å². The van der Waals surface area contributed by atoms with E-state index in [0.29, 0.717) is 18.8 Å². The summed E-state index contributed by atoms with van der Waals surface area (Å²) in [5.74, 6) is 1.21. The minimum atomic E-state index is -0.307. The molecule has 1 fully saturated rings. The molecule has 3 aromatic rings. The van der Waals surface area contributed by atoms with Crippen LogP contribution < -0.4 is 15.0 Å². The first-order valence-electron chi connectivity index (χ1n) is 9.08. The van der Waals surface area contributed by atoms with Gasteiger partial charge in [0, 0.05) is 36.7 Å². The van der Waals surface area contributed by atoms with Crippen LogP contribution in [0.5, 0.6) is 5.75 Å². The number of ether oxygens (including phenoxy) is 1. The molecule has 0 aliphatic carbocycles. The second kappa shape index (κ2) is 5.97. The Labute approximate surface area is 155 Å². The lowest BCUT2D eigenvalue weighted by Gasteiger charge is -2.32. The molecule has 2 aliphatic heterocycles. The second-order valence-corrected chi connectivity index (χ2v) is 7.02. The van der Waals surface area contributed by atoms with Crippen LogP contribution in [0.2, 0.25) is 0 Å². The monoisotopic (exact) mass is 366 g/mol. The molecule has 27 heavy (non-hydrogen) atoms. The van der Waals surface area contributed by atoms with E-state index in [4.69, 9.17) is 4.74 Å². The van der Waals surface area contributed by atoms with Crippen molar-refractivity contribution in [3.05, 3.63) is 47.5 Å². The van der Waals surface area contributed by atoms with Crippen molar-refractivity contribution in [1.82, 2.24) is 9.97 Å². The quantitative estimate of drug-likeness (QED) is 0.694. The number of rotatable bonds is 3. The molecule has 6 nitrogen and oxygen atoms in total. The standard InChI is InChI=1S/C20H19FN4O2/c1-11-22-16-9-13(25-6-4-19(25)26)10-17(20(16)23-11)24-15-5-7-27-18-8-12(21)2-3-14(15)18/h2-3,8-10,15,24H,4-7H2,1H3,(H,22,23). The van der Waals surface area contributed by atoms with Crippen LogP contribution in [0.15, 0.2) is 30.3 Å². The molecule has 0 radical (unpaired) electrons. The third kappa shape index (κ3) is 2.70. The van der Waals surface area contributed by atoms with E-state index in [1.54, 1.807) is 11.0 Å². The van der Waals surface area contributed by atoms with Crippen LogP contribution in [0.4, 0.5) is 15.8 Å². The second-order valence-electron chi connectivity index (χ2n) is 7.02. The fraction of sp³-hybridized carbons (Fsp3) is 0.300. The number of H-pyrrole nitrogens is 1. The highest BCUT2D eigenvalue weighted by Crippen LogP contribution is 2.38. The van der Waals surface area contributed by atoms with Gasteiger partial charge in [0.05, 0.1) is 23.9 Å². The number of benzene rings is 2. The van der Waals surface area contributed by atoms with Gasteiger partial charge in [0.25, 0.3) is 0 Å². The van der Waals surface area contributed by atoms with Crippen molar-refractivity contribution in [3.63, 3.8) is 0 Å². The Morgan fingerprint density at radius 3 is 3.00 bits per heavy atom. The molecule has 2 aromatic carbocycles. The van der Waals surface area contributed by atoms with Gasteiger partial charge >= 0.3 is 0 Å². The molecule has 138 valence electrons. The molecular formula is C20H19FN4O2. The molecular weight excluding hydrogens is 347 g/mol. The average molecular weight is 366 g/mol. The number of aromatic nitrogens is 2. The molecule has 1 unspecified atom stereocenters. The van der Waals surface area contributed by atoms with Gasteiger partial charge in [-0.15, -0.1) is 0 Å². The smallest absolute Gasteiger partial charge is 0.228 e. The van der Waals surface area contributed by atoms with E-state index in [9.17, 15) is 9.18 Å². The molecule has 1 aromatic heterocycles. The van der Waals surface area contributed by atoms with Crippen molar-refractivity contribution >= 4 is 28.3 Å². The van der Waals surface area contributed by atoms with Crippen LogP contribution in [0.1, 0.15) is 30.3 Å². The number of aryl methyl sites for hydroxylation is 1. The maximum absolute atomic E-state index is 13.5. The zero-order valence-electron chi connectivity index (χ0n) is 14.9. The molecule has 2 N–H and O–H groups in total. The number of amides is 1. The summed E-state index contributed by atoms with van der Waals surface area (Å²) in [7, 11) is 0. The Morgan fingerprint density at radius 2 is 2.22 bits per heavy atom. The first kappa shape index (κ1) is 16.1. The van der Waals surface area contributed by atoms with Gasteiger partial charge in [0.2, 0.25) is 5.91 Å². The molecule has 1 amide bonds. The number of nitrogens with zero attached hydrogens (tertiary/aromatic N) is 2. The minimum Gasteiger partial charge on any atom is -0.493 e. The van der Waals surface area contributed by atoms with Crippen molar-refractivity contribution in [2.24, 2.45) is 0 Å². The highest BCUT2D eigenvalue weighted by Gasteiger charge is 2.28. The Balaban J connectivity index is 1.56. The zero-order valence-corrected chi connectivity index (χ0v) is 14.9. The van der Waals surface area contributed by atoms with Gasteiger partial charge in [-0.25, -0.2) is 9.37 Å². The van der Waals surface area contributed by atoms with Crippen molar-refractivity contribution in [3.8, 4) is 5.75 Å². The summed E-state index contributed by atoms with van der Waals surface area (Å²) < 4.78 is 19.1. The van der Waals surface area contributed by atoms with Crippen LogP contribution >= 0.6 is 0 Å². The first-order valence-corrected chi connectivity index (χ1v) is 9.08. The SMILES string of the molecule is Cc1nc2c(NC3CCOc4cc(F)ccc43)cc(N3CCC3=O)cc2[nH]1. The average Bonchev–Trinajstić information content (AvgIpc) is 3.01. The zero-order chi connectivity index (χ0) is 18.5. The third-order valence-electron chi connectivity index (χ3n) is 5.20. The number of β-lactam (4-membered cyclic amide) rings is 1. The molecule has 0 saturated carbocycles. The molecule has 1 atom stereocenters. The van der Waals surface area contributed by atoms with Gasteiger partial charge in [-0.1, -0.05) is 6.07 Å². The molecule has 0 bridgehead atoms. The van der Waals surface area contributed by atoms with Gasteiger partial charge < -0.3 is 19.9 Å². The van der Waals surface area contributed by atoms with E-state index in [0.717, 1.165) is 46.8 Å². The number of halogens is 1. The molecule has 0 spiro atoms. The number of aromatic amines is 1. The van der Waals surface area contributed by atoms with E-state index in [2.05, 4.69) is 15.3 Å². The van der Waals surface area contributed by atoms with Crippen LogP contribution in [-0.2, 0) is 4.79 Å². The summed E-state index contributed by atoms with van der Waals surface area (Å²) in [4.78, 5) is 21.5. The summed E-state index contributed by atoms with van der Waals surface area (Å²) in [6.07, 6.45) is 1.35. The summed E-state index contributed by atoms with van der Waals surface area (Å²) in [5.41, 5.74) is 4.36. The largest absolute Gasteiger partial charge is 0.493 e. The minimum absolute atomic E-state index is 0.0168. The predicted molar refractivity (Wildman–Crippen MR) is 101 cm³/mol. The summed E-state index contributed by atoms with van der Waals surface area (Å²) >= 11 is 0. The molecule has 3 heterocycles. The number of imidazole rings is 1. The summed E-state index contributed by atoms with van der Waals surface area (Å²) in [6, 6.07) is 8.55. The highest BCUT2D eigenvalue weighted by atomic mass is 19.1. The van der Waals surface area contributed by atoms with Gasteiger partial charge in [0.1, 0.15) is 22.9 Å². The summed E-state index contributed by atoms with van der Waals surface area (Å²) in [6.45, 7) is 3.15. The molecule has 1 saturated heterocycles. The Hall–Kier alpha value is -3.09. The lowest BCUT2D eigenvalue weighted by atomic mass is 9.99. The van der Waals surface area contributed by atoms with Crippen LogP contribution in [0.25, 0.3) is 11.0 Å². The number of hydrogen-bond donors (Lipinski definition) is 2. The number of anilines is 2. The third-order valence-corrected chi connectivity index (χ3v) is 5.20. The predicted octanol–water partition coefficient (Wildman–Crippen LogP) is 3.68. The van der Waals surface area contributed by atoms with Gasteiger partial charge in [-0.3, -0.25) is 4.79 Å². The molecule has 5 rings (SSSR count). The topological polar surface area (TPSA) is 70.2 Å². The number of hydrogen-bond acceptors (Lipinski definition) is 4. The normalized spacial score (nSPS) is 18.8. The number of fused-ring (bicyclic) bond motifs is 2. The van der Waals surface area contributed by atoms with E-state index in [1.807, 2.05) is 19.1 Å². The van der Waals surface area contributed by atoms with Crippen LogP contribution in [0.3, 0.4) is 0 Å². The lowest BCUT2D eigenvalue weighted by molar-refractivity contribution is -0.122. The summed E-state index contributed by atoms with van der Waals surface area (Å²) in [5, 5.41) is 3.55. The lowest BCUT2D eigenvalue weighted by Crippen LogP contribution is -2.43. The van der Waals surface area contributed by atoms with Crippen molar-refractivity contribution < 1.29 is 13.9 Å². The van der Waals surface area contributed by atoms with Crippen molar-refractivity contribution in [2.45, 2.75) is 25.8 Å². The van der Waals surface area contributed by atoms with E-state index < -0.39 is 0 Å². The maximum atomic E-state index is 13.5. The fourth-order valence-electron chi connectivity index (χ4n) is 3.78. The maximum Gasteiger partial charge on any atom is 0.228 e. The van der Waals surface area contributed by atoms with Crippen molar-refractivity contribution in [2.75, 3.05) is 23.4 Å². The number of carbonyl (C=O) groups is 1. The van der Waals surface area contributed by atoms with E-state index in [-0.39, 0.29) is 17.8 Å². The molecule has 2 aliphatic rings. The Kier molecular flexibility index (Phi) is 3.56. The van der Waals surface area contributed by atoms with E-state index in [1.165, 1.54) is 12.1 Å². The highest BCUT2D eigenvalue weighted by molar-refractivity contribution is 6.02. The Morgan fingerprint density at radius 1 is 1.33 bits per heavy atom.